The number of nitro benzene ring substituents is 1. The minimum absolute atomic E-state index is 0.0479. The summed E-state index contributed by atoms with van der Waals surface area (Å²) >= 11 is 5.71. The normalized spacial score (nSPS) is 10.4. The number of ether oxygens (including phenoxy) is 2. The number of para-hydroxylation sites is 1. The molecular formula is C19H19ClN2O6. The predicted molar refractivity (Wildman–Crippen MR) is 104 cm³/mol. The molecule has 2 rings (SSSR count). The minimum Gasteiger partial charge on any atom is -0.482 e. The van der Waals surface area contributed by atoms with Crippen molar-refractivity contribution in [2.24, 2.45) is 0 Å². The van der Waals surface area contributed by atoms with Crippen molar-refractivity contribution in [3.8, 4) is 5.75 Å². The quantitative estimate of drug-likeness (QED) is 0.404. The Morgan fingerprint density at radius 2 is 1.89 bits per heavy atom. The molecule has 2 aromatic carbocycles. The van der Waals surface area contributed by atoms with E-state index >= 15 is 0 Å². The van der Waals surface area contributed by atoms with Crippen LogP contribution in [-0.4, -0.2) is 30.0 Å². The molecule has 8 nitrogen and oxygen atoms in total. The smallest absolute Gasteiger partial charge is 0.344 e. The van der Waals surface area contributed by atoms with E-state index in [-0.39, 0.29) is 28.9 Å². The number of rotatable bonds is 8. The van der Waals surface area contributed by atoms with Crippen LogP contribution in [0.4, 0.5) is 11.4 Å². The lowest BCUT2D eigenvalue weighted by Gasteiger charge is -2.13. The number of halogens is 1. The first-order valence-electron chi connectivity index (χ1n) is 8.39. The van der Waals surface area contributed by atoms with Gasteiger partial charge in [0.2, 0.25) is 0 Å². The highest BCUT2D eigenvalue weighted by molar-refractivity contribution is 6.32. The van der Waals surface area contributed by atoms with E-state index in [9.17, 15) is 19.7 Å². The Labute approximate surface area is 166 Å². The maximum Gasteiger partial charge on any atom is 0.344 e. The number of nitrogens with zero attached hydrogens (tertiary/aromatic N) is 1. The summed E-state index contributed by atoms with van der Waals surface area (Å²) in [5.74, 6) is -0.558. The molecule has 2 aromatic rings. The van der Waals surface area contributed by atoms with E-state index in [1.165, 1.54) is 12.1 Å². The van der Waals surface area contributed by atoms with Gasteiger partial charge < -0.3 is 14.8 Å². The molecule has 1 amide bonds. The summed E-state index contributed by atoms with van der Waals surface area (Å²) in [6.07, 6.45) is 0. The molecule has 0 aliphatic rings. The third-order valence-corrected chi connectivity index (χ3v) is 4.00. The Morgan fingerprint density at radius 1 is 1.18 bits per heavy atom. The Morgan fingerprint density at radius 3 is 2.57 bits per heavy atom. The first kappa shape index (κ1) is 21.2. The average molecular weight is 407 g/mol. The van der Waals surface area contributed by atoms with Crippen LogP contribution in [0.1, 0.15) is 25.3 Å². The number of nitro groups is 1. The van der Waals surface area contributed by atoms with E-state index in [4.69, 9.17) is 21.1 Å². The lowest BCUT2D eigenvalue weighted by atomic mass is 10.0. The van der Waals surface area contributed by atoms with Crippen molar-refractivity contribution >= 4 is 34.9 Å². The number of esters is 1. The SMILES string of the molecule is CC(C)c1ccccc1OCC(=O)OCC(=O)Nc1ccc(Cl)c([N+](=O)[O-])c1. The van der Waals surface area contributed by atoms with Gasteiger partial charge in [0.25, 0.3) is 11.6 Å². The van der Waals surface area contributed by atoms with Gasteiger partial charge in [-0.05, 0) is 29.7 Å². The number of amides is 1. The molecule has 148 valence electrons. The van der Waals surface area contributed by atoms with Crippen LogP contribution in [0.25, 0.3) is 0 Å². The summed E-state index contributed by atoms with van der Waals surface area (Å²) < 4.78 is 10.3. The monoisotopic (exact) mass is 406 g/mol. The van der Waals surface area contributed by atoms with E-state index in [0.29, 0.717) is 5.75 Å². The van der Waals surface area contributed by atoms with Gasteiger partial charge in [0.15, 0.2) is 13.2 Å². The van der Waals surface area contributed by atoms with Crippen LogP contribution in [0.15, 0.2) is 42.5 Å². The molecule has 0 fully saturated rings. The fourth-order valence-corrected chi connectivity index (χ4v) is 2.53. The zero-order valence-corrected chi connectivity index (χ0v) is 16.1. The molecular weight excluding hydrogens is 388 g/mol. The maximum atomic E-state index is 11.9. The average Bonchev–Trinajstić information content (AvgIpc) is 2.66. The highest BCUT2D eigenvalue weighted by Gasteiger charge is 2.15. The number of benzene rings is 2. The number of carbonyl (C=O) groups is 2. The van der Waals surface area contributed by atoms with Gasteiger partial charge >= 0.3 is 5.97 Å². The van der Waals surface area contributed by atoms with Crippen LogP contribution >= 0.6 is 11.6 Å². The molecule has 0 saturated carbocycles. The second-order valence-corrected chi connectivity index (χ2v) is 6.52. The van der Waals surface area contributed by atoms with Crippen LogP contribution in [0.3, 0.4) is 0 Å². The highest BCUT2D eigenvalue weighted by atomic mass is 35.5. The van der Waals surface area contributed by atoms with Crippen LogP contribution in [0.5, 0.6) is 5.75 Å². The predicted octanol–water partition coefficient (Wildman–Crippen LogP) is 3.93. The fourth-order valence-electron chi connectivity index (χ4n) is 2.34. The molecule has 0 bridgehead atoms. The number of hydrogen-bond acceptors (Lipinski definition) is 6. The lowest BCUT2D eigenvalue weighted by molar-refractivity contribution is -0.384. The number of hydrogen-bond donors (Lipinski definition) is 1. The molecule has 0 aliphatic heterocycles. The van der Waals surface area contributed by atoms with Gasteiger partial charge in [-0.2, -0.15) is 0 Å². The van der Waals surface area contributed by atoms with Crippen molar-refractivity contribution in [3.63, 3.8) is 0 Å². The van der Waals surface area contributed by atoms with Gasteiger partial charge in [-0.25, -0.2) is 4.79 Å². The first-order valence-corrected chi connectivity index (χ1v) is 8.77. The number of nitrogens with one attached hydrogen (secondary N) is 1. The summed E-state index contributed by atoms with van der Waals surface area (Å²) in [7, 11) is 0. The third kappa shape index (κ3) is 5.95. The Hall–Kier alpha value is -3.13. The molecule has 0 saturated heterocycles. The standard InChI is InChI=1S/C19H19ClN2O6/c1-12(2)14-5-3-4-6-17(14)27-11-19(24)28-10-18(23)21-13-7-8-15(20)16(9-13)22(25)26/h3-9,12H,10-11H2,1-2H3,(H,21,23). The van der Waals surface area contributed by atoms with Crippen molar-refractivity contribution in [3.05, 3.63) is 63.2 Å². The van der Waals surface area contributed by atoms with Crippen LogP contribution in [-0.2, 0) is 14.3 Å². The van der Waals surface area contributed by atoms with Crippen molar-refractivity contribution in [2.45, 2.75) is 19.8 Å². The van der Waals surface area contributed by atoms with Gasteiger partial charge in [0.1, 0.15) is 10.8 Å². The van der Waals surface area contributed by atoms with Gasteiger partial charge in [-0.1, -0.05) is 43.6 Å². The molecule has 9 heteroatoms. The van der Waals surface area contributed by atoms with Gasteiger partial charge in [0, 0.05) is 11.8 Å². The summed E-state index contributed by atoms with van der Waals surface area (Å²) in [6, 6.07) is 11.2. The van der Waals surface area contributed by atoms with Gasteiger partial charge in [0.05, 0.1) is 4.92 Å². The van der Waals surface area contributed by atoms with Crippen molar-refractivity contribution in [2.75, 3.05) is 18.5 Å². The molecule has 0 spiro atoms. The topological polar surface area (TPSA) is 108 Å². The zero-order chi connectivity index (χ0) is 20.7. The van der Waals surface area contributed by atoms with E-state index < -0.39 is 23.4 Å². The third-order valence-electron chi connectivity index (χ3n) is 3.68. The second-order valence-electron chi connectivity index (χ2n) is 6.11. The van der Waals surface area contributed by atoms with E-state index in [1.54, 1.807) is 12.1 Å². The molecule has 28 heavy (non-hydrogen) atoms. The Kier molecular flexibility index (Phi) is 7.34. The van der Waals surface area contributed by atoms with Crippen LogP contribution in [0, 0.1) is 10.1 Å². The summed E-state index contributed by atoms with van der Waals surface area (Å²) in [4.78, 5) is 33.9. The summed E-state index contributed by atoms with van der Waals surface area (Å²) in [5, 5.41) is 13.2. The van der Waals surface area contributed by atoms with Gasteiger partial charge in [-0.15, -0.1) is 0 Å². The zero-order valence-electron chi connectivity index (χ0n) is 15.3. The maximum absolute atomic E-state index is 11.9. The van der Waals surface area contributed by atoms with Crippen LogP contribution < -0.4 is 10.1 Å². The van der Waals surface area contributed by atoms with Gasteiger partial charge in [-0.3, -0.25) is 14.9 Å². The minimum atomic E-state index is -0.712. The molecule has 0 unspecified atom stereocenters. The Bertz CT molecular complexity index is 884. The van der Waals surface area contributed by atoms with E-state index in [0.717, 1.165) is 11.6 Å². The highest BCUT2D eigenvalue weighted by Crippen LogP contribution is 2.27. The first-order chi connectivity index (χ1) is 13.3. The fraction of sp³-hybridized carbons (Fsp3) is 0.263. The summed E-state index contributed by atoms with van der Waals surface area (Å²) in [5.41, 5.74) is 0.783. The van der Waals surface area contributed by atoms with Crippen molar-refractivity contribution in [1.29, 1.82) is 0 Å². The Balaban J connectivity index is 1.84. The number of carbonyl (C=O) groups excluding carboxylic acids is 2. The molecule has 0 atom stereocenters. The molecule has 0 aliphatic carbocycles. The van der Waals surface area contributed by atoms with E-state index in [2.05, 4.69) is 5.32 Å². The molecule has 1 N–H and O–H groups in total. The van der Waals surface area contributed by atoms with Crippen molar-refractivity contribution < 1.29 is 24.0 Å². The van der Waals surface area contributed by atoms with E-state index in [1.807, 2.05) is 26.0 Å². The van der Waals surface area contributed by atoms with Crippen LogP contribution in [0.2, 0.25) is 5.02 Å². The molecule has 0 radical (unpaired) electrons. The second kappa shape index (κ2) is 9.70. The largest absolute Gasteiger partial charge is 0.482 e. The summed E-state index contributed by atoms with van der Waals surface area (Å²) in [6.45, 7) is 3.12. The van der Waals surface area contributed by atoms with Crippen molar-refractivity contribution in [1.82, 2.24) is 0 Å². The molecule has 0 heterocycles. The lowest BCUT2D eigenvalue weighted by Crippen LogP contribution is -2.23. The number of anilines is 1. The molecule has 0 aromatic heterocycles.